The Bertz CT molecular complexity index is 775. The first-order valence-electron chi connectivity index (χ1n) is 8.26. The fourth-order valence-electron chi connectivity index (χ4n) is 3.18. The molecule has 3 aromatic rings. The number of aromatic nitrogens is 1. The minimum absolute atomic E-state index is 0.726. The van der Waals surface area contributed by atoms with Crippen molar-refractivity contribution in [1.29, 1.82) is 0 Å². The molecule has 1 aliphatic rings. The van der Waals surface area contributed by atoms with Gasteiger partial charge in [-0.05, 0) is 42.5 Å². The van der Waals surface area contributed by atoms with Crippen LogP contribution in [-0.2, 0) is 19.4 Å². The molecule has 0 atom stereocenters. The molecule has 0 saturated heterocycles. The van der Waals surface area contributed by atoms with Crippen LogP contribution in [0, 0.1) is 0 Å². The molecule has 23 heavy (non-hydrogen) atoms. The highest BCUT2D eigenvalue weighted by atomic mass is 16.5. The average molecular weight is 304 g/mol. The summed E-state index contributed by atoms with van der Waals surface area (Å²) in [5.74, 6) is 1.09. The number of nitrogens with zero attached hydrogens (tertiary/aromatic N) is 1. The van der Waals surface area contributed by atoms with Crippen LogP contribution in [0.15, 0.2) is 59.1 Å². The van der Waals surface area contributed by atoms with E-state index in [1.165, 1.54) is 29.5 Å². The zero-order valence-electron chi connectivity index (χ0n) is 13.1. The summed E-state index contributed by atoms with van der Waals surface area (Å²) in [6.45, 7) is 0.726. The van der Waals surface area contributed by atoms with E-state index in [-0.39, 0.29) is 0 Å². The van der Waals surface area contributed by atoms with Crippen molar-refractivity contribution < 1.29 is 4.52 Å². The molecule has 3 nitrogen and oxygen atoms in total. The lowest BCUT2D eigenvalue weighted by atomic mass is 9.96. The van der Waals surface area contributed by atoms with Gasteiger partial charge in [-0.3, -0.25) is 0 Å². The van der Waals surface area contributed by atoms with E-state index in [9.17, 15) is 0 Å². The maximum Gasteiger partial charge on any atom is 0.140 e. The molecular weight excluding hydrogens is 284 g/mol. The summed E-state index contributed by atoms with van der Waals surface area (Å²) in [6, 6.07) is 19.0. The molecule has 0 radical (unpaired) electrons. The molecule has 116 valence electrons. The van der Waals surface area contributed by atoms with Gasteiger partial charge in [-0.15, -0.1) is 0 Å². The third-order valence-corrected chi connectivity index (χ3v) is 4.48. The molecule has 1 heterocycles. The first-order valence-corrected chi connectivity index (χ1v) is 8.26. The molecule has 4 rings (SSSR count). The summed E-state index contributed by atoms with van der Waals surface area (Å²) >= 11 is 0. The van der Waals surface area contributed by atoms with Gasteiger partial charge in [0.05, 0.1) is 6.54 Å². The summed E-state index contributed by atoms with van der Waals surface area (Å²) < 4.78 is 5.46. The van der Waals surface area contributed by atoms with E-state index in [0.717, 1.165) is 36.5 Å². The summed E-state index contributed by atoms with van der Waals surface area (Å²) in [7, 11) is 0. The number of fused-ring (bicyclic) bond motifs is 1. The van der Waals surface area contributed by atoms with Gasteiger partial charge in [0, 0.05) is 17.7 Å². The molecule has 0 bridgehead atoms. The molecule has 0 fully saturated rings. The number of benzene rings is 2. The number of rotatable bonds is 4. The second kappa shape index (κ2) is 6.29. The maximum absolute atomic E-state index is 5.46. The number of hydrogen-bond acceptors (Lipinski definition) is 3. The van der Waals surface area contributed by atoms with Gasteiger partial charge in [-0.1, -0.05) is 47.6 Å². The molecule has 1 aliphatic carbocycles. The van der Waals surface area contributed by atoms with Gasteiger partial charge >= 0.3 is 0 Å². The Balaban J connectivity index is 1.45. The quantitative estimate of drug-likeness (QED) is 0.750. The Kier molecular flexibility index (Phi) is 3.85. The SMILES string of the molecule is c1ccc(-c2ccc(NCc3noc4c3CCCC4)cc2)cc1. The number of nitrogens with one attached hydrogen (secondary N) is 1. The van der Waals surface area contributed by atoms with Crippen molar-refractivity contribution in [1.82, 2.24) is 5.16 Å². The highest BCUT2D eigenvalue weighted by molar-refractivity contribution is 5.65. The average Bonchev–Trinajstić information content (AvgIpc) is 3.04. The molecule has 0 aliphatic heterocycles. The maximum atomic E-state index is 5.46. The van der Waals surface area contributed by atoms with E-state index in [1.54, 1.807) is 0 Å². The molecule has 1 N–H and O–H groups in total. The van der Waals surface area contributed by atoms with Crippen LogP contribution in [0.5, 0.6) is 0 Å². The van der Waals surface area contributed by atoms with Gasteiger partial charge in [-0.2, -0.15) is 0 Å². The molecule has 0 saturated carbocycles. The highest BCUT2D eigenvalue weighted by Gasteiger charge is 2.18. The number of aryl methyl sites for hydroxylation is 1. The predicted octanol–water partition coefficient (Wildman–Crippen LogP) is 4.83. The fourth-order valence-corrected chi connectivity index (χ4v) is 3.18. The van der Waals surface area contributed by atoms with Crippen LogP contribution in [0.1, 0.15) is 29.9 Å². The lowest BCUT2D eigenvalue weighted by Gasteiger charge is -2.10. The molecule has 0 spiro atoms. The van der Waals surface area contributed by atoms with E-state index in [4.69, 9.17) is 4.52 Å². The lowest BCUT2D eigenvalue weighted by molar-refractivity contribution is 0.368. The van der Waals surface area contributed by atoms with Crippen molar-refractivity contribution in [3.63, 3.8) is 0 Å². The Morgan fingerprint density at radius 1 is 0.870 bits per heavy atom. The Morgan fingerprint density at radius 2 is 1.61 bits per heavy atom. The zero-order valence-corrected chi connectivity index (χ0v) is 13.1. The molecule has 0 unspecified atom stereocenters. The van der Waals surface area contributed by atoms with Gasteiger partial charge in [0.25, 0.3) is 0 Å². The van der Waals surface area contributed by atoms with Crippen molar-refractivity contribution in [3.05, 3.63) is 71.6 Å². The number of hydrogen-bond donors (Lipinski definition) is 1. The van der Waals surface area contributed by atoms with Crippen LogP contribution < -0.4 is 5.32 Å². The highest BCUT2D eigenvalue weighted by Crippen LogP contribution is 2.25. The molecule has 1 aromatic heterocycles. The van der Waals surface area contributed by atoms with Crippen molar-refractivity contribution in [2.45, 2.75) is 32.2 Å². The molecule has 3 heteroatoms. The largest absolute Gasteiger partial charge is 0.379 e. The number of anilines is 1. The fraction of sp³-hybridized carbons (Fsp3) is 0.250. The van der Waals surface area contributed by atoms with Gasteiger partial charge in [-0.25, -0.2) is 0 Å². The molecular formula is C20H20N2O. The van der Waals surface area contributed by atoms with Crippen LogP contribution in [0.3, 0.4) is 0 Å². The van der Waals surface area contributed by atoms with Crippen LogP contribution in [-0.4, -0.2) is 5.16 Å². The summed E-state index contributed by atoms with van der Waals surface area (Å²) in [5, 5.41) is 7.69. The lowest BCUT2D eigenvalue weighted by Crippen LogP contribution is -2.06. The van der Waals surface area contributed by atoms with E-state index >= 15 is 0 Å². The van der Waals surface area contributed by atoms with Gasteiger partial charge in [0.1, 0.15) is 11.5 Å². The second-order valence-electron chi connectivity index (χ2n) is 6.04. The van der Waals surface area contributed by atoms with Crippen LogP contribution in [0.4, 0.5) is 5.69 Å². The third kappa shape index (κ3) is 3.00. The first kappa shape index (κ1) is 14.1. The first-order chi connectivity index (χ1) is 11.4. The predicted molar refractivity (Wildman–Crippen MR) is 92.3 cm³/mol. The smallest absolute Gasteiger partial charge is 0.140 e. The molecule has 2 aromatic carbocycles. The van der Waals surface area contributed by atoms with Crippen LogP contribution >= 0.6 is 0 Å². The van der Waals surface area contributed by atoms with E-state index in [2.05, 4.69) is 59.0 Å². The van der Waals surface area contributed by atoms with E-state index in [0.29, 0.717) is 0 Å². The molecule has 0 amide bonds. The third-order valence-electron chi connectivity index (χ3n) is 4.48. The van der Waals surface area contributed by atoms with Crippen LogP contribution in [0.2, 0.25) is 0 Å². The van der Waals surface area contributed by atoms with Gasteiger partial charge in [0.2, 0.25) is 0 Å². The van der Waals surface area contributed by atoms with E-state index in [1.807, 2.05) is 6.07 Å². The Hall–Kier alpha value is -2.55. The van der Waals surface area contributed by atoms with Crippen molar-refractivity contribution in [2.75, 3.05) is 5.32 Å². The minimum atomic E-state index is 0.726. The van der Waals surface area contributed by atoms with Crippen molar-refractivity contribution in [3.8, 4) is 11.1 Å². The normalized spacial score (nSPS) is 13.6. The van der Waals surface area contributed by atoms with E-state index < -0.39 is 0 Å². The topological polar surface area (TPSA) is 38.1 Å². The summed E-state index contributed by atoms with van der Waals surface area (Å²) in [4.78, 5) is 0. The minimum Gasteiger partial charge on any atom is -0.379 e. The van der Waals surface area contributed by atoms with Crippen molar-refractivity contribution >= 4 is 5.69 Å². The monoisotopic (exact) mass is 304 g/mol. The Morgan fingerprint density at radius 3 is 2.43 bits per heavy atom. The second-order valence-corrected chi connectivity index (χ2v) is 6.04. The van der Waals surface area contributed by atoms with Crippen molar-refractivity contribution in [2.24, 2.45) is 0 Å². The standard InChI is InChI=1S/C20H20N2O/c1-2-6-15(7-3-1)16-10-12-17(13-11-16)21-14-19-18-8-4-5-9-20(18)23-22-19/h1-3,6-7,10-13,21H,4-5,8-9,14H2. The summed E-state index contributed by atoms with van der Waals surface area (Å²) in [6.07, 6.45) is 4.60. The van der Waals surface area contributed by atoms with Gasteiger partial charge < -0.3 is 9.84 Å². The Labute approximate surface area is 136 Å². The summed E-state index contributed by atoms with van der Waals surface area (Å²) in [5.41, 5.74) is 5.97. The van der Waals surface area contributed by atoms with Gasteiger partial charge in [0.15, 0.2) is 0 Å². The zero-order chi connectivity index (χ0) is 15.5. The van der Waals surface area contributed by atoms with Crippen LogP contribution in [0.25, 0.3) is 11.1 Å².